The predicted octanol–water partition coefficient (Wildman–Crippen LogP) is 7.87. The van der Waals surface area contributed by atoms with Crippen LogP contribution in [0.3, 0.4) is 0 Å². The lowest BCUT2D eigenvalue weighted by Gasteiger charge is -2.30. The van der Waals surface area contributed by atoms with E-state index in [0.717, 1.165) is 12.4 Å². The lowest BCUT2D eigenvalue weighted by Crippen LogP contribution is -2.34. The molecular weight excluding hydrogens is 387 g/mol. The van der Waals surface area contributed by atoms with Crippen molar-refractivity contribution in [1.82, 2.24) is 4.90 Å². The van der Waals surface area contributed by atoms with Crippen molar-refractivity contribution < 1.29 is 0 Å². The first-order chi connectivity index (χ1) is 12.6. The van der Waals surface area contributed by atoms with Gasteiger partial charge in [-0.25, -0.2) is 0 Å². The van der Waals surface area contributed by atoms with Crippen LogP contribution in [0.1, 0.15) is 70.6 Å². The third-order valence-electron chi connectivity index (χ3n) is 5.57. The molecule has 1 aromatic carbocycles. The minimum Gasteiger partial charge on any atom is -0.355 e. The fourth-order valence-corrected chi connectivity index (χ4v) is 5.14. The predicted molar refractivity (Wildman–Crippen MR) is 114 cm³/mol. The highest BCUT2D eigenvalue weighted by atomic mass is 35.5. The molecule has 0 saturated heterocycles. The van der Waals surface area contributed by atoms with Crippen LogP contribution >= 0.6 is 34.8 Å². The van der Waals surface area contributed by atoms with Gasteiger partial charge < -0.3 is 9.80 Å². The maximum absolute atomic E-state index is 6.41. The highest BCUT2D eigenvalue weighted by Gasteiger charge is 2.24. The summed E-state index contributed by atoms with van der Waals surface area (Å²) in [5.41, 5.74) is 0.852. The van der Waals surface area contributed by atoms with Crippen LogP contribution in [0.2, 0.25) is 15.1 Å². The van der Waals surface area contributed by atoms with Gasteiger partial charge >= 0.3 is 0 Å². The molecule has 0 amide bonds. The zero-order chi connectivity index (χ0) is 18.4. The van der Waals surface area contributed by atoms with Crippen LogP contribution < -0.4 is 4.90 Å². The Balaban J connectivity index is 1.63. The van der Waals surface area contributed by atoms with Gasteiger partial charge in [-0.2, -0.15) is 0 Å². The molecule has 2 nitrogen and oxygen atoms in total. The molecular formula is C21H29Cl3N2. The summed E-state index contributed by atoms with van der Waals surface area (Å²) in [6.07, 6.45) is 19.3. The van der Waals surface area contributed by atoms with Crippen LogP contribution in [-0.2, 0) is 0 Å². The minimum absolute atomic E-state index is 0.572. The number of halogens is 3. The fraction of sp³-hybridized carbons (Fsp3) is 0.619. The number of anilines is 1. The van der Waals surface area contributed by atoms with Crippen LogP contribution in [0.4, 0.5) is 5.69 Å². The topological polar surface area (TPSA) is 6.48 Å². The van der Waals surface area contributed by atoms with Crippen molar-refractivity contribution in [1.29, 1.82) is 0 Å². The average Bonchev–Trinajstić information content (AvgIpc) is 3.04. The molecule has 0 atom stereocenters. The van der Waals surface area contributed by atoms with Gasteiger partial charge in [0.05, 0.1) is 22.4 Å². The summed E-state index contributed by atoms with van der Waals surface area (Å²) in [5.74, 6) is 0. The van der Waals surface area contributed by atoms with Crippen molar-refractivity contribution in [2.75, 3.05) is 11.6 Å². The molecule has 26 heavy (non-hydrogen) atoms. The molecule has 1 aliphatic carbocycles. The summed E-state index contributed by atoms with van der Waals surface area (Å²) in [6.45, 7) is 0.811. The standard InChI is InChI=1S/C21H29Cl3N2/c22-17-14-19(23)21(20(24)15-17)26-13-12-25(16-26)18-10-8-6-4-2-1-3-5-7-9-11-18/h12-15,18H,1-11,16H2. The first-order valence-electron chi connectivity index (χ1n) is 10.0. The monoisotopic (exact) mass is 414 g/mol. The molecule has 0 radical (unpaired) electrons. The number of rotatable bonds is 2. The van der Waals surface area contributed by atoms with E-state index in [-0.39, 0.29) is 0 Å². The average molecular weight is 416 g/mol. The van der Waals surface area contributed by atoms with E-state index >= 15 is 0 Å². The molecule has 0 N–H and O–H groups in total. The van der Waals surface area contributed by atoms with E-state index in [9.17, 15) is 0 Å². The summed E-state index contributed by atoms with van der Waals surface area (Å²) in [7, 11) is 0. The number of hydrogen-bond acceptors (Lipinski definition) is 2. The Morgan fingerprint density at radius 2 is 1.19 bits per heavy atom. The molecule has 2 aliphatic rings. The molecule has 0 bridgehead atoms. The van der Waals surface area contributed by atoms with Crippen LogP contribution in [0, 0.1) is 0 Å². The highest BCUT2D eigenvalue weighted by molar-refractivity contribution is 6.41. The maximum Gasteiger partial charge on any atom is 0.0945 e. The van der Waals surface area contributed by atoms with Gasteiger partial charge in [0, 0.05) is 23.5 Å². The Morgan fingerprint density at radius 1 is 0.692 bits per heavy atom. The Hall–Kier alpha value is -0.570. The van der Waals surface area contributed by atoms with Crippen molar-refractivity contribution >= 4 is 40.5 Å². The molecule has 1 heterocycles. The van der Waals surface area contributed by atoms with Gasteiger partial charge in [-0.05, 0) is 25.0 Å². The molecule has 0 unspecified atom stereocenters. The van der Waals surface area contributed by atoms with Crippen molar-refractivity contribution in [2.24, 2.45) is 0 Å². The van der Waals surface area contributed by atoms with Crippen LogP contribution in [0.5, 0.6) is 0 Å². The van der Waals surface area contributed by atoms with E-state index in [1.54, 1.807) is 12.1 Å². The van der Waals surface area contributed by atoms with E-state index in [1.165, 1.54) is 70.6 Å². The third kappa shape index (κ3) is 5.47. The second-order valence-electron chi connectivity index (χ2n) is 7.55. The van der Waals surface area contributed by atoms with Crippen molar-refractivity contribution in [2.45, 2.75) is 76.7 Å². The SMILES string of the molecule is Clc1cc(Cl)c(N2C=CN(C3CCCCCCCCCCC3)C2)c(Cl)c1. The molecule has 1 saturated carbocycles. The summed E-state index contributed by atoms with van der Waals surface area (Å²) in [5, 5.41) is 1.78. The maximum atomic E-state index is 6.41. The Labute approximate surface area is 173 Å². The first-order valence-corrected chi connectivity index (χ1v) is 11.1. The second-order valence-corrected chi connectivity index (χ2v) is 8.81. The summed E-state index contributed by atoms with van der Waals surface area (Å²) < 4.78 is 0. The van der Waals surface area contributed by atoms with Gasteiger partial charge in [0.25, 0.3) is 0 Å². The van der Waals surface area contributed by atoms with Gasteiger partial charge in [0.15, 0.2) is 0 Å². The highest BCUT2D eigenvalue weighted by Crippen LogP contribution is 2.38. The molecule has 1 aliphatic heterocycles. The summed E-state index contributed by atoms with van der Waals surface area (Å²) in [6, 6.07) is 4.13. The second kappa shape index (κ2) is 10.1. The van der Waals surface area contributed by atoms with E-state index < -0.39 is 0 Å². The summed E-state index contributed by atoms with van der Waals surface area (Å²) in [4.78, 5) is 4.60. The number of benzene rings is 1. The smallest absolute Gasteiger partial charge is 0.0945 e. The first kappa shape index (κ1) is 20.2. The van der Waals surface area contributed by atoms with Crippen LogP contribution in [0.25, 0.3) is 0 Å². The van der Waals surface area contributed by atoms with Crippen LogP contribution in [0.15, 0.2) is 24.5 Å². The van der Waals surface area contributed by atoms with E-state index in [4.69, 9.17) is 34.8 Å². The Morgan fingerprint density at radius 3 is 1.73 bits per heavy atom. The van der Waals surface area contributed by atoms with E-state index in [0.29, 0.717) is 21.1 Å². The summed E-state index contributed by atoms with van der Waals surface area (Å²) >= 11 is 18.9. The number of nitrogens with zero attached hydrogens (tertiary/aromatic N) is 2. The minimum atomic E-state index is 0.572. The zero-order valence-electron chi connectivity index (χ0n) is 15.4. The molecule has 1 aromatic rings. The van der Waals surface area contributed by atoms with Crippen molar-refractivity contribution in [3.05, 3.63) is 39.6 Å². The third-order valence-corrected chi connectivity index (χ3v) is 6.36. The van der Waals surface area contributed by atoms with Crippen molar-refractivity contribution in [3.63, 3.8) is 0 Å². The lowest BCUT2D eigenvalue weighted by molar-refractivity contribution is 0.253. The number of hydrogen-bond donors (Lipinski definition) is 0. The van der Waals surface area contributed by atoms with Gasteiger partial charge in [-0.1, -0.05) is 92.6 Å². The Kier molecular flexibility index (Phi) is 7.84. The van der Waals surface area contributed by atoms with E-state index in [1.807, 2.05) is 0 Å². The molecule has 3 rings (SSSR count). The molecule has 0 spiro atoms. The van der Waals surface area contributed by atoms with Crippen molar-refractivity contribution in [3.8, 4) is 0 Å². The Bertz CT molecular complexity index is 582. The lowest BCUT2D eigenvalue weighted by atomic mass is 9.97. The van der Waals surface area contributed by atoms with Gasteiger partial charge in [-0.15, -0.1) is 0 Å². The van der Waals surface area contributed by atoms with Gasteiger partial charge in [0.1, 0.15) is 0 Å². The molecule has 144 valence electrons. The molecule has 5 heteroatoms. The van der Waals surface area contributed by atoms with Crippen LogP contribution in [-0.4, -0.2) is 17.6 Å². The zero-order valence-corrected chi connectivity index (χ0v) is 17.7. The molecule has 0 aromatic heterocycles. The van der Waals surface area contributed by atoms with E-state index in [2.05, 4.69) is 22.2 Å². The fourth-order valence-electron chi connectivity index (χ4n) is 4.10. The normalized spacial score (nSPS) is 20.9. The van der Waals surface area contributed by atoms with Gasteiger partial charge in [-0.3, -0.25) is 0 Å². The van der Waals surface area contributed by atoms with Gasteiger partial charge in [0.2, 0.25) is 0 Å². The quantitative estimate of drug-likeness (QED) is 0.484. The molecule has 1 fully saturated rings. The largest absolute Gasteiger partial charge is 0.355 e.